The topological polar surface area (TPSA) is 59.6 Å². The lowest BCUT2D eigenvalue weighted by Gasteiger charge is -2.14. The number of hydrogen-bond donors (Lipinski definition) is 2. The number of hydrogen-bond acceptors (Lipinski definition) is 3. The summed E-state index contributed by atoms with van der Waals surface area (Å²) in [5.41, 5.74) is 3.29. The average molecular weight is 344 g/mol. The highest BCUT2D eigenvalue weighted by atomic mass is 16.5. The zero-order valence-corrected chi connectivity index (χ0v) is 16.1. The van der Waals surface area contributed by atoms with Gasteiger partial charge in [-0.1, -0.05) is 64.0 Å². The van der Waals surface area contributed by atoms with Gasteiger partial charge in [0, 0.05) is 17.0 Å². The van der Waals surface area contributed by atoms with Gasteiger partial charge in [-0.05, 0) is 11.5 Å². The first kappa shape index (κ1) is 19.2. The molecule has 0 aliphatic rings. The van der Waals surface area contributed by atoms with Gasteiger partial charge in [0.05, 0.1) is 12.7 Å². The summed E-state index contributed by atoms with van der Waals surface area (Å²) >= 11 is 0. The van der Waals surface area contributed by atoms with Crippen LogP contribution in [0.3, 0.4) is 0 Å². The van der Waals surface area contributed by atoms with Gasteiger partial charge in [-0.15, -0.1) is 0 Å². The second kappa shape index (κ2) is 7.83. The van der Waals surface area contributed by atoms with Gasteiger partial charge in [-0.25, -0.2) is 0 Å². The van der Waals surface area contributed by atoms with Crippen LogP contribution in [-0.2, 0) is 16.8 Å². The zero-order chi connectivity index (χ0) is 18.6. The van der Waals surface area contributed by atoms with E-state index in [0.717, 1.165) is 17.1 Å². The number of carbonyl (C=O) groups is 1. The number of nitrogens with one attached hydrogen (secondary N) is 2. The summed E-state index contributed by atoms with van der Waals surface area (Å²) in [4.78, 5) is 13.3. The van der Waals surface area contributed by atoms with Crippen molar-refractivity contribution in [3.05, 3.63) is 47.2 Å². The molecule has 1 aromatic heterocycles. The van der Waals surface area contributed by atoms with Crippen LogP contribution in [0.1, 0.15) is 57.4 Å². The lowest BCUT2D eigenvalue weighted by molar-refractivity contribution is -0.885. The summed E-state index contributed by atoms with van der Waals surface area (Å²) in [6.45, 7) is 11.7. The monoisotopic (exact) mass is 344 g/mol. The molecule has 0 bridgehead atoms. The second-order valence-electron chi connectivity index (χ2n) is 8.08. The van der Waals surface area contributed by atoms with Gasteiger partial charge in [0.15, 0.2) is 6.54 Å². The Hall–Kier alpha value is -2.14. The number of carbonyl (C=O) groups excluding carboxylic acids is 1. The molecule has 136 valence electrons. The van der Waals surface area contributed by atoms with E-state index in [1.54, 1.807) is 6.07 Å². The molecule has 2 aromatic rings. The van der Waals surface area contributed by atoms with Gasteiger partial charge < -0.3 is 9.42 Å². The molecule has 2 rings (SSSR count). The third-order valence-corrected chi connectivity index (χ3v) is 4.16. The number of likely N-dealkylation sites (N-methyl/N-ethyl adjacent to an activating group) is 1. The summed E-state index contributed by atoms with van der Waals surface area (Å²) in [5, 5.41) is 6.80. The van der Waals surface area contributed by atoms with E-state index < -0.39 is 0 Å². The van der Waals surface area contributed by atoms with E-state index in [4.69, 9.17) is 4.52 Å². The van der Waals surface area contributed by atoms with E-state index in [2.05, 4.69) is 69.4 Å². The molecule has 2 N–H and O–H groups in total. The number of anilines is 1. The number of benzene rings is 1. The van der Waals surface area contributed by atoms with Gasteiger partial charge in [-0.2, -0.15) is 0 Å². The minimum atomic E-state index is -0.101. The molecule has 25 heavy (non-hydrogen) atoms. The summed E-state index contributed by atoms with van der Waals surface area (Å²) in [6.07, 6.45) is 0. The van der Waals surface area contributed by atoms with Gasteiger partial charge >= 0.3 is 0 Å². The lowest BCUT2D eigenvalue weighted by Crippen LogP contribution is -3.08. The molecular weight excluding hydrogens is 314 g/mol. The van der Waals surface area contributed by atoms with Crippen molar-refractivity contribution < 1.29 is 14.2 Å². The van der Waals surface area contributed by atoms with E-state index >= 15 is 0 Å². The van der Waals surface area contributed by atoms with Crippen LogP contribution in [0.5, 0.6) is 0 Å². The molecule has 0 aliphatic carbocycles. The maximum atomic E-state index is 12.2. The van der Waals surface area contributed by atoms with Gasteiger partial charge in [0.2, 0.25) is 5.88 Å². The van der Waals surface area contributed by atoms with Crippen molar-refractivity contribution in [2.75, 3.05) is 18.9 Å². The Morgan fingerprint density at radius 3 is 2.40 bits per heavy atom. The normalized spacial score (nSPS) is 13.1. The van der Waals surface area contributed by atoms with Crippen LogP contribution in [-0.4, -0.2) is 24.7 Å². The molecule has 1 heterocycles. The highest BCUT2D eigenvalue weighted by molar-refractivity contribution is 5.90. The maximum absolute atomic E-state index is 12.2. The average Bonchev–Trinajstić information content (AvgIpc) is 2.96. The van der Waals surface area contributed by atoms with Crippen molar-refractivity contribution >= 4 is 11.8 Å². The Kier molecular flexibility index (Phi) is 6.01. The van der Waals surface area contributed by atoms with Gasteiger partial charge in [-0.3, -0.25) is 10.1 Å². The molecule has 0 saturated carbocycles. The first-order valence-electron chi connectivity index (χ1n) is 8.82. The quantitative estimate of drug-likeness (QED) is 0.847. The van der Waals surface area contributed by atoms with Gasteiger partial charge in [0.25, 0.3) is 5.91 Å². The Morgan fingerprint density at radius 2 is 1.88 bits per heavy atom. The molecule has 5 nitrogen and oxygen atoms in total. The van der Waals surface area contributed by atoms with Crippen LogP contribution < -0.4 is 10.2 Å². The van der Waals surface area contributed by atoms with E-state index in [-0.39, 0.29) is 11.3 Å². The highest BCUT2D eigenvalue weighted by Crippen LogP contribution is 2.23. The molecule has 0 aliphatic heterocycles. The highest BCUT2D eigenvalue weighted by Gasteiger charge is 2.20. The lowest BCUT2D eigenvalue weighted by atomic mass is 9.92. The maximum Gasteiger partial charge on any atom is 0.281 e. The van der Waals surface area contributed by atoms with Crippen LogP contribution >= 0.6 is 0 Å². The molecule has 0 saturated heterocycles. The van der Waals surface area contributed by atoms with E-state index in [1.165, 1.54) is 11.1 Å². The molecule has 1 aromatic carbocycles. The van der Waals surface area contributed by atoms with Crippen LogP contribution in [0.15, 0.2) is 34.9 Å². The predicted molar refractivity (Wildman–Crippen MR) is 99.8 cm³/mol. The Bertz CT molecular complexity index is 696. The van der Waals surface area contributed by atoms with Crippen molar-refractivity contribution in [3.63, 3.8) is 0 Å². The standard InChI is InChI=1S/C20H29N3O2/c1-14(2)16-9-7-15(8-10-16)12-23(6)13-18(24)21-19-11-17(22-25-19)20(3,4)5/h7-11,14H,12-13H2,1-6H3,(H,21,24)/p+1. The van der Waals surface area contributed by atoms with Crippen molar-refractivity contribution in [2.24, 2.45) is 0 Å². The minimum Gasteiger partial charge on any atom is -0.338 e. The smallest absolute Gasteiger partial charge is 0.281 e. The summed E-state index contributed by atoms with van der Waals surface area (Å²) in [7, 11) is 2.01. The Balaban J connectivity index is 1.86. The number of nitrogens with zero attached hydrogens (tertiary/aromatic N) is 1. The number of aromatic nitrogens is 1. The van der Waals surface area contributed by atoms with Crippen molar-refractivity contribution in [2.45, 2.75) is 52.5 Å². The van der Waals surface area contributed by atoms with E-state index in [1.807, 2.05) is 7.05 Å². The second-order valence-corrected chi connectivity index (χ2v) is 8.08. The fourth-order valence-electron chi connectivity index (χ4n) is 2.57. The zero-order valence-electron chi connectivity index (χ0n) is 16.1. The molecular formula is C20H30N3O2+. The number of quaternary nitrogens is 1. The molecule has 0 spiro atoms. The molecule has 0 fully saturated rings. The van der Waals surface area contributed by atoms with Crippen LogP contribution in [0, 0.1) is 0 Å². The third kappa shape index (κ3) is 5.71. The fraction of sp³-hybridized carbons (Fsp3) is 0.500. The first-order valence-corrected chi connectivity index (χ1v) is 8.82. The van der Waals surface area contributed by atoms with Gasteiger partial charge in [0.1, 0.15) is 6.54 Å². The predicted octanol–water partition coefficient (Wildman–Crippen LogP) is 2.75. The SMILES string of the molecule is CC(C)c1ccc(C[NH+](C)CC(=O)Nc2cc(C(C)(C)C)no2)cc1. The third-order valence-electron chi connectivity index (χ3n) is 4.16. The first-order chi connectivity index (χ1) is 11.6. The molecule has 1 atom stereocenters. The molecule has 0 radical (unpaired) electrons. The minimum absolute atomic E-state index is 0.0760. The molecule has 1 amide bonds. The van der Waals surface area contributed by atoms with Crippen molar-refractivity contribution in [1.82, 2.24) is 5.16 Å². The summed E-state index contributed by atoms with van der Waals surface area (Å²) in [6, 6.07) is 10.4. The molecule has 5 heteroatoms. The number of rotatable bonds is 6. The Labute approximate surface area is 150 Å². The van der Waals surface area contributed by atoms with Crippen molar-refractivity contribution in [3.8, 4) is 0 Å². The fourth-order valence-corrected chi connectivity index (χ4v) is 2.57. The van der Waals surface area contributed by atoms with E-state index in [0.29, 0.717) is 18.3 Å². The summed E-state index contributed by atoms with van der Waals surface area (Å²) in [5.74, 6) is 0.863. The van der Waals surface area contributed by atoms with Crippen LogP contribution in [0.2, 0.25) is 0 Å². The number of amides is 1. The van der Waals surface area contributed by atoms with Crippen LogP contribution in [0.25, 0.3) is 0 Å². The van der Waals surface area contributed by atoms with Crippen molar-refractivity contribution in [1.29, 1.82) is 0 Å². The largest absolute Gasteiger partial charge is 0.338 e. The van der Waals surface area contributed by atoms with Crippen LogP contribution in [0.4, 0.5) is 5.88 Å². The molecule has 1 unspecified atom stereocenters. The summed E-state index contributed by atoms with van der Waals surface area (Å²) < 4.78 is 5.21. The Morgan fingerprint density at radius 1 is 1.24 bits per heavy atom. The van der Waals surface area contributed by atoms with E-state index in [9.17, 15) is 4.79 Å².